The van der Waals surface area contributed by atoms with Gasteiger partial charge in [-0.3, -0.25) is 0 Å². The number of halogens is 1. The molecule has 2 rings (SSSR count). The molecule has 4 nitrogen and oxygen atoms in total. The van der Waals surface area contributed by atoms with E-state index in [4.69, 9.17) is 4.74 Å². The molecule has 0 radical (unpaired) electrons. The fraction of sp³-hybridized carbons (Fsp3) is 0.250. The first-order valence-corrected chi connectivity index (χ1v) is 7.24. The van der Waals surface area contributed by atoms with Gasteiger partial charge in [-0.25, -0.2) is 9.78 Å². The van der Waals surface area contributed by atoms with Crippen molar-refractivity contribution in [2.45, 2.75) is 26.2 Å². The summed E-state index contributed by atoms with van der Waals surface area (Å²) in [4.78, 5) is 15.4. The molecule has 1 aromatic carbocycles. The molecule has 1 heterocycles. The molecule has 0 spiro atoms. The van der Waals surface area contributed by atoms with Gasteiger partial charge < -0.3 is 9.84 Å². The summed E-state index contributed by atoms with van der Waals surface area (Å²) in [5.74, 6) is -0.378. The number of nitrogens with zero attached hydrogens (tertiary/aromatic N) is 1. The zero-order valence-corrected chi connectivity index (χ0v) is 13.6. The van der Waals surface area contributed by atoms with Gasteiger partial charge in [-0.05, 0) is 33.5 Å². The minimum Gasteiger partial charge on any atom is -0.477 e. The molecule has 0 aliphatic rings. The van der Waals surface area contributed by atoms with Crippen molar-refractivity contribution in [3.05, 3.63) is 52.1 Å². The van der Waals surface area contributed by atoms with E-state index < -0.39 is 5.97 Å². The minimum absolute atomic E-state index is 0.0214. The smallest absolute Gasteiger partial charge is 0.341 e. The highest BCUT2D eigenvalue weighted by molar-refractivity contribution is 9.10. The second kappa shape index (κ2) is 5.85. The van der Waals surface area contributed by atoms with Crippen LogP contribution in [0.1, 0.15) is 36.7 Å². The summed E-state index contributed by atoms with van der Waals surface area (Å²) >= 11 is 3.21. The Morgan fingerprint density at radius 1 is 1.29 bits per heavy atom. The predicted octanol–water partition coefficient (Wildman–Crippen LogP) is 4.63. The largest absolute Gasteiger partial charge is 0.477 e. The van der Waals surface area contributed by atoms with Crippen LogP contribution in [-0.2, 0) is 5.41 Å². The van der Waals surface area contributed by atoms with E-state index >= 15 is 0 Å². The molecule has 0 atom stereocenters. The Bertz CT molecular complexity index is 677. The molecule has 0 fully saturated rings. The van der Waals surface area contributed by atoms with Crippen LogP contribution in [0.15, 0.2) is 41.0 Å². The van der Waals surface area contributed by atoms with Gasteiger partial charge in [-0.2, -0.15) is 0 Å². The zero-order chi connectivity index (χ0) is 15.6. The summed E-state index contributed by atoms with van der Waals surface area (Å²) < 4.78 is 6.36. The first kappa shape index (κ1) is 15.5. The van der Waals surface area contributed by atoms with Crippen LogP contribution in [0, 0.1) is 0 Å². The second-order valence-electron chi connectivity index (χ2n) is 5.66. The summed E-state index contributed by atoms with van der Waals surface area (Å²) in [5.41, 5.74) is 0.897. The maximum atomic E-state index is 11.3. The number of carbonyl (C=O) groups is 1. The molecule has 0 aliphatic carbocycles. The quantitative estimate of drug-likeness (QED) is 0.877. The van der Waals surface area contributed by atoms with E-state index in [2.05, 4.69) is 41.7 Å². The van der Waals surface area contributed by atoms with Crippen LogP contribution in [-0.4, -0.2) is 16.1 Å². The van der Waals surface area contributed by atoms with Crippen LogP contribution in [0.5, 0.6) is 11.6 Å². The van der Waals surface area contributed by atoms with E-state index in [1.807, 2.05) is 24.3 Å². The van der Waals surface area contributed by atoms with Crippen molar-refractivity contribution in [3.8, 4) is 11.6 Å². The number of para-hydroxylation sites is 1. The lowest BCUT2D eigenvalue weighted by Gasteiger charge is -2.22. The molecule has 2 aromatic rings. The van der Waals surface area contributed by atoms with Crippen molar-refractivity contribution in [2.75, 3.05) is 0 Å². The highest BCUT2D eigenvalue weighted by Gasteiger charge is 2.21. The van der Waals surface area contributed by atoms with Gasteiger partial charge in [0.1, 0.15) is 11.3 Å². The van der Waals surface area contributed by atoms with E-state index in [1.54, 1.807) is 0 Å². The number of hydrogen-bond acceptors (Lipinski definition) is 3. The zero-order valence-electron chi connectivity index (χ0n) is 12.1. The number of rotatable bonds is 3. The van der Waals surface area contributed by atoms with Crippen LogP contribution in [0.25, 0.3) is 0 Å². The standard InChI is InChI=1S/C16H16BrNO3/c1-16(2,3)12-6-4-5-7-13(12)21-14-11(15(19)20)8-10(17)9-18-14/h4-9H,1-3H3,(H,19,20). The molecular weight excluding hydrogens is 334 g/mol. The van der Waals surface area contributed by atoms with Crippen LogP contribution in [0.4, 0.5) is 0 Å². The van der Waals surface area contributed by atoms with E-state index in [1.165, 1.54) is 12.3 Å². The predicted molar refractivity (Wildman–Crippen MR) is 84.1 cm³/mol. The average molecular weight is 350 g/mol. The van der Waals surface area contributed by atoms with Crippen LogP contribution in [0.2, 0.25) is 0 Å². The van der Waals surface area contributed by atoms with Gasteiger partial charge in [0, 0.05) is 16.2 Å². The van der Waals surface area contributed by atoms with Gasteiger partial charge in [0.2, 0.25) is 5.88 Å². The van der Waals surface area contributed by atoms with Crippen molar-refractivity contribution in [3.63, 3.8) is 0 Å². The highest BCUT2D eigenvalue weighted by atomic mass is 79.9. The molecule has 21 heavy (non-hydrogen) atoms. The van der Waals surface area contributed by atoms with Gasteiger partial charge in [0.15, 0.2) is 0 Å². The lowest BCUT2D eigenvalue weighted by molar-refractivity contribution is 0.0693. The summed E-state index contributed by atoms with van der Waals surface area (Å²) in [6.45, 7) is 6.22. The number of aromatic carboxylic acids is 1. The number of pyridine rings is 1. The Labute approximate surface area is 131 Å². The van der Waals surface area contributed by atoms with E-state index in [0.29, 0.717) is 10.2 Å². The van der Waals surface area contributed by atoms with Crippen LogP contribution >= 0.6 is 15.9 Å². The van der Waals surface area contributed by atoms with Crippen molar-refractivity contribution < 1.29 is 14.6 Å². The topological polar surface area (TPSA) is 59.4 Å². The SMILES string of the molecule is CC(C)(C)c1ccccc1Oc1ncc(Br)cc1C(=O)O. The molecule has 0 saturated carbocycles. The molecule has 0 aliphatic heterocycles. The van der Waals surface area contributed by atoms with Crippen molar-refractivity contribution in [1.29, 1.82) is 0 Å². The van der Waals surface area contributed by atoms with Crippen molar-refractivity contribution in [1.82, 2.24) is 4.98 Å². The number of aromatic nitrogens is 1. The molecule has 5 heteroatoms. The molecule has 0 bridgehead atoms. The summed E-state index contributed by atoms with van der Waals surface area (Å²) in [5, 5.41) is 9.26. The Kier molecular flexibility index (Phi) is 4.32. The maximum absolute atomic E-state index is 11.3. The van der Waals surface area contributed by atoms with E-state index in [9.17, 15) is 9.90 Å². The van der Waals surface area contributed by atoms with Crippen LogP contribution < -0.4 is 4.74 Å². The van der Waals surface area contributed by atoms with E-state index in [0.717, 1.165) is 5.56 Å². The Morgan fingerprint density at radius 2 is 1.95 bits per heavy atom. The van der Waals surface area contributed by atoms with Gasteiger partial charge in [-0.1, -0.05) is 39.0 Å². The molecular formula is C16H16BrNO3. The molecule has 1 N–H and O–H groups in total. The number of benzene rings is 1. The monoisotopic (exact) mass is 349 g/mol. The van der Waals surface area contributed by atoms with E-state index in [-0.39, 0.29) is 16.9 Å². The maximum Gasteiger partial charge on any atom is 0.341 e. The van der Waals surface area contributed by atoms with Crippen LogP contribution in [0.3, 0.4) is 0 Å². The minimum atomic E-state index is -1.08. The summed E-state index contributed by atoms with van der Waals surface area (Å²) in [7, 11) is 0. The number of carboxylic acid groups (broad SMARTS) is 1. The molecule has 0 amide bonds. The first-order chi connectivity index (χ1) is 9.79. The molecule has 1 aromatic heterocycles. The lowest BCUT2D eigenvalue weighted by Crippen LogP contribution is -2.13. The highest BCUT2D eigenvalue weighted by Crippen LogP contribution is 2.34. The lowest BCUT2D eigenvalue weighted by atomic mass is 9.86. The summed E-state index contributed by atoms with van der Waals surface area (Å²) in [6.07, 6.45) is 1.52. The van der Waals surface area contributed by atoms with Gasteiger partial charge in [-0.15, -0.1) is 0 Å². The third-order valence-electron chi connectivity index (χ3n) is 2.95. The third kappa shape index (κ3) is 3.61. The number of ether oxygens (including phenoxy) is 1. The van der Waals surface area contributed by atoms with Gasteiger partial charge in [0.05, 0.1) is 0 Å². The normalized spacial score (nSPS) is 11.2. The molecule has 110 valence electrons. The number of hydrogen-bond donors (Lipinski definition) is 1. The van der Waals surface area contributed by atoms with Crippen molar-refractivity contribution >= 4 is 21.9 Å². The summed E-state index contributed by atoms with van der Waals surface area (Å²) in [6, 6.07) is 9.04. The second-order valence-corrected chi connectivity index (χ2v) is 6.58. The fourth-order valence-corrected chi connectivity index (χ4v) is 2.27. The molecule has 0 unspecified atom stereocenters. The third-order valence-corrected chi connectivity index (χ3v) is 3.38. The number of carboxylic acids is 1. The van der Waals surface area contributed by atoms with Gasteiger partial charge >= 0.3 is 5.97 Å². The first-order valence-electron chi connectivity index (χ1n) is 6.45. The van der Waals surface area contributed by atoms with Crippen molar-refractivity contribution in [2.24, 2.45) is 0 Å². The van der Waals surface area contributed by atoms with Gasteiger partial charge in [0.25, 0.3) is 0 Å². The Morgan fingerprint density at radius 3 is 2.57 bits per heavy atom. The fourth-order valence-electron chi connectivity index (χ4n) is 1.94. The molecule has 0 saturated heterocycles. The Balaban J connectivity index is 2.47. The Hall–Kier alpha value is -1.88. The average Bonchev–Trinajstić information content (AvgIpc) is 2.40.